The molecule has 1 aliphatic heterocycles. The lowest BCUT2D eigenvalue weighted by atomic mass is 9.87. The van der Waals surface area contributed by atoms with E-state index in [0.29, 0.717) is 6.42 Å². The van der Waals surface area contributed by atoms with Crippen LogP contribution in [0.5, 0.6) is 0 Å². The zero-order valence-electron chi connectivity index (χ0n) is 11.4. The lowest BCUT2D eigenvalue weighted by Gasteiger charge is -2.44. The van der Waals surface area contributed by atoms with Crippen molar-refractivity contribution in [1.82, 2.24) is 4.90 Å². The molecule has 2 nitrogen and oxygen atoms in total. The Morgan fingerprint density at radius 1 is 1.11 bits per heavy atom. The van der Waals surface area contributed by atoms with Gasteiger partial charge < -0.3 is 5.73 Å². The van der Waals surface area contributed by atoms with Crippen molar-refractivity contribution < 1.29 is 13.2 Å². The van der Waals surface area contributed by atoms with Crippen LogP contribution in [0.25, 0.3) is 0 Å². The SMILES string of the molecule is CC(C)(C(N)CCCC(F)(F)F)N1CCCCC1. The Labute approximate surface area is 108 Å². The zero-order valence-corrected chi connectivity index (χ0v) is 11.4. The summed E-state index contributed by atoms with van der Waals surface area (Å²) in [7, 11) is 0. The Balaban J connectivity index is 2.40. The first-order valence-electron chi connectivity index (χ1n) is 6.81. The fourth-order valence-corrected chi connectivity index (χ4v) is 2.58. The first kappa shape index (κ1) is 15.8. The highest BCUT2D eigenvalue weighted by Crippen LogP contribution is 2.27. The summed E-state index contributed by atoms with van der Waals surface area (Å²) in [6, 6.07) is -0.196. The number of piperidine rings is 1. The summed E-state index contributed by atoms with van der Waals surface area (Å²) in [6.45, 7) is 6.13. The number of hydrogen-bond acceptors (Lipinski definition) is 2. The number of rotatable bonds is 5. The standard InChI is InChI=1S/C13H25F3N2/c1-12(2,18-9-4-3-5-10-18)11(17)7-6-8-13(14,15)16/h11H,3-10,17H2,1-2H3. The minimum absolute atomic E-state index is 0.127. The second-order valence-corrected chi connectivity index (χ2v) is 5.82. The van der Waals surface area contributed by atoms with E-state index in [9.17, 15) is 13.2 Å². The highest BCUT2D eigenvalue weighted by molar-refractivity contribution is 4.92. The van der Waals surface area contributed by atoms with Gasteiger partial charge in [0, 0.05) is 18.0 Å². The van der Waals surface area contributed by atoms with Gasteiger partial charge in [0.05, 0.1) is 0 Å². The van der Waals surface area contributed by atoms with E-state index in [0.717, 1.165) is 13.1 Å². The van der Waals surface area contributed by atoms with E-state index >= 15 is 0 Å². The molecule has 0 aromatic carbocycles. The minimum atomic E-state index is -4.06. The zero-order chi connectivity index (χ0) is 13.8. The molecule has 18 heavy (non-hydrogen) atoms. The van der Waals surface area contributed by atoms with Crippen LogP contribution in [0.15, 0.2) is 0 Å². The van der Waals surface area contributed by atoms with Gasteiger partial charge >= 0.3 is 6.18 Å². The number of nitrogens with zero attached hydrogens (tertiary/aromatic N) is 1. The molecule has 0 radical (unpaired) electrons. The van der Waals surface area contributed by atoms with Gasteiger partial charge in [-0.05, 0) is 52.6 Å². The van der Waals surface area contributed by atoms with Crippen LogP contribution in [-0.4, -0.2) is 35.7 Å². The highest BCUT2D eigenvalue weighted by atomic mass is 19.4. The largest absolute Gasteiger partial charge is 0.389 e. The summed E-state index contributed by atoms with van der Waals surface area (Å²) in [5.41, 5.74) is 5.90. The fraction of sp³-hybridized carbons (Fsp3) is 1.00. The van der Waals surface area contributed by atoms with Crippen LogP contribution < -0.4 is 5.73 Å². The molecule has 2 N–H and O–H groups in total. The van der Waals surface area contributed by atoms with Crippen LogP contribution in [0.3, 0.4) is 0 Å². The molecule has 1 unspecified atom stereocenters. The molecular formula is C13H25F3N2. The molecule has 1 fully saturated rings. The van der Waals surface area contributed by atoms with Crippen LogP contribution >= 0.6 is 0 Å². The molecule has 0 saturated carbocycles. The summed E-state index contributed by atoms with van der Waals surface area (Å²) < 4.78 is 36.3. The Morgan fingerprint density at radius 2 is 1.67 bits per heavy atom. The van der Waals surface area contributed by atoms with Crippen LogP contribution in [0.1, 0.15) is 52.4 Å². The third kappa shape index (κ3) is 4.76. The summed E-state index contributed by atoms with van der Waals surface area (Å²) >= 11 is 0. The highest BCUT2D eigenvalue weighted by Gasteiger charge is 2.34. The maximum Gasteiger partial charge on any atom is 0.389 e. The smallest absolute Gasteiger partial charge is 0.326 e. The van der Waals surface area contributed by atoms with Crippen molar-refractivity contribution >= 4 is 0 Å². The van der Waals surface area contributed by atoms with E-state index in [1.54, 1.807) is 0 Å². The topological polar surface area (TPSA) is 29.3 Å². The Bertz CT molecular complexity index is 245. The van der Waals surface area contributed by atoms with Crippen molar-refractivity contribution in [2.45, 2.75) is 70.1 Å². The van der Waals surface area contributed by atoms with E-state index in [-0.39, 0.29) is 18.0 Å². The quantitative estimate of drug-likeness (QED) is 0.827. The van der Waals surface area contributed by atoms with Gasteiger partial charge in [-0.1, -0.05) is 6.42 Å². The van der Waals surface area contributed by atoms with E-state index in [1.807, 2.05) is 0 Å². The molecule has 1 aliphatic rings. The van der Waals surface area contributed by atoms with Gasteiger partial charge in [0.15, 0.2) is 0 Å². The molecule has 1 atom stereocenters. The van der Waals surface area contributed by atoms with Crippen LogP contribution in [-0.2, 0) is 0 Å². The van der Waals surface area contributed by atoms with Gasteiger partial charge in [-0.25, -0.2) is 0 Å². The minimum Gasteiger partial charge on any atom is -0.326 e. The van der Waals surface area contributed by atoms with E-state index in [2.05, 4.69) is 18.7 Å². The normalized spacial score (nSPS) is 21.0. The van der Waals surface area contributed by atoms with Gasteiger partial charge in [0.25, 0.3) is 0 Å². The number of nitrogens with two attached hydrogens (primary N) is 1. The predicted octanol–water partition coefficient (Wildman–Crippen LogP) is 3.31. The van der Waals surface area contributed by atoms with Crippen LogP contribution in [0.2, 0.25) is 0 Å². The molecule has 1 saturated heterocycles. The molecule has 1 rings (SSSR count). The molecule has 0 aromatic heterocycles. The molecule has 0 aromatic rings. The first-order valence-corrected chi connectivity index (χ1v) is 6.81. The molecular weight excluding hydrogens is 241 g/mol. The predicted molar refractivity (Wildman–Crippen MR) is 67.4 cm³/mol. The number of alkyl halides is 3. The first-order chi connectivity index (χ1) is 8.23. The Hall–Kier alpha value is -0.290. The van der Waals surface area contributed by atoms with E-state index in [1.165, 1.54) is 19.3 Å². The molecule has 108 valence electrons. The average Bonchev–Trinajstić information content (AvgIpc) is 2.28. The van der Waals surface area contributed by atoms with Gasteiger partial charge in [-0.15, -0.1) is 0 Å². The summed E-state index contributed by atoms with van der Waals surface area (Å²) in [5, 5.41) is 0. The maximum atomic E-state index is 12.1. The van der Waals surface area contributed by atoms with Crippen molar-refractivity contribution in [2.75, 3.05) is 13.1 Å². The molecule has 0 spiro atoms. The van der Waals surface area contributed by atoms with Crippen molar-refractivity contribution in [2.24, 2.45) is 5.73 Å². The van der Waals surface area contributed by atoms with Crippen molar-refractivity contribution in [3.63, 3.8) is 0 Å². The third-order valence-corrected chi connectivity index (χ3v) is 4.05. The number of halogens is 3. The molecule has 0 bridgehead atoms. The van der Waals surface area contributed by atoms with Crippen molar-refractivity contribution in [1.29, 1.82) is 0 Å². The summed E-state index contributed by atoms with van der Waals surface area (Å²) in [4.78, 5) is 2.33. The fourth-order valence-electron chi connectivity index (χ4n) is 2.58. The van der Waals surface area contributed by atoms with Gasteiger partial charge in [0.1, 0.15) is 0 Å². The van der Waals surface area contributed by atoms with Gasteiger partial charge in [-0.3, -0.25) is 4.90 Å². The van der Waals surface area contributed by atoms with Crippen molar-refractivity contribution in [3.05, 3.63) is 0 Å². The lowest BCUT2D eigenvalue weighted by Crippen LogP contribution is -2.57. The van der Waals surface area contributed by atoms with Crippen LogP contribution in [0.4, 0.5) is 13.2 Å². The monoisotopic (exact) mass is 266 g/mol. The molecule has 1 heterocycles. The van der Waals surface area contributed by atoms with E-state index in [4.69, 9.17) is 5.73 Å². The van der Waals surface area contributed by atoms with Crippen molar-refractivity contribution in [3.8, 4) is 0 Å². The molecule has 0 amide bonds. The summed E-state index contributed by atoms with van der Waals surface area (Å²) in [6.07, 6.45) is -0.649. The maximum absolute atomic E-state index is 12.1. The van der Waals surface area contributed by atoms with Crippen LogP contribution in [0, 0.1) is 0 Å². The number of likely N-dealkylation sites (tertiary alicyclic amines) is 1. The molecule has 5 heteroatoms. The second-order valence-electron chi connectivity index (χ2n) is 5.82. The van der Waals surface area contributed by atoms with Gasteiger partial charge in [0.2, 0.25) is 0 Å². The van der Waals surface area contributed by atoms with E-state index < -0.39 is 12.6 Å². The number of hydrogen-bond donors (Lipinski definition) is 1. The average molecular weight is 266 g/mol. The second kappa shape index (κ2) is 6.24. The Kier molecular flexibility index (Phi) is 5.46. The summed E-state index contributed by atoms with van der Waals surface area (Å²) in [5.74, 6) is 0. The lowest BCUT2D eigenvalue weighted by molar-refractivity contribution is -0.136. The third-order valence-electron chi connectivity index (χ3n) is 4.05. The Morgan fingerprint density at radius 3 is 2.17 bits per heavy atom. The molecule has 0 aliphatic carbocycles. The van der Waals surface area contributed by atoms with Gasteiger partial charge in [-0.2, -0.15) is 13.2 Å².